The summed E-state index contributed by atoms with van der Waals surface area (Å²) in [6.07, 6.45) is -0.477. The molecular formula is C21H19NO2. The summed E-state index contributed by atoms with van der Waals surface area (Å²) < 4.78 is 5.77. The second-order valence-electron chi connectivity index (χ2n) is 5.53. The van der Waals surface area contributed by atoms with Gasteiger partial charge in [0, 0.05) is 0 Å². The first-order valence-electron chi connectivity index (χ1n) is 7.86. The van der Waals surface area contributed by atoms with Crippen molar-refractivity contribution in [3.05, 3.63) is 108 Å². The maximum atomic E-state index is 12.6. The van der Waals surface area contributed by atoms with Gasteiger partial charge in [0.15, 0.2) is 6.10 Å². The normalized spacial score (nSPS) is 11.9. The maximum Gasteiger partial charge on any atom is 0.328 e. The summed E-state index contributed by atoms with van der Waals surface area (Å²) in [5, 5.41) is 0. The van der Waals surface area contributed by atoms with Crippen molar-refractivity contribution < 1.29 is 9.53 Å². The molecule has 0 heterocycles. The number of carbonyl (C=O) groups excluding carboxylic acids is 1. The van der Waals surface area contributed by atoms with E-state index in [9.17, 15) is 4.79 Å². The van der Waals surface area contributed by atoms with Gasteiger partial charge in [0.1, 0.15) is 6.04 Å². The summed E-state index contributed by atoms with van der Waals surface area (Å²) in [6, 6.07) is 27.8. The second kappa shape index (κ2) is 7.57. The van der Waals surface area contributed by atoms with E-state index in [1.807, 2.05) is 91.0 Å². The number of hydrogen-bond donors (Lipinski definition) is 1. The highest BCUT2D eigenvalue weighted by atomic mass is 16.5. The number of carbonyl (C=O) groups is 1. The van der Waals surface area contributed by atoms with Gasteiger partial charge in [-0.2, -0.15) is 0 Å². The van der Waals surface area contributed by atoms with Crippen LogP contribution in [0.15, 0.2) is 91.0 Å². The summed E-state index contributed by atoms with van der Waals surface area (Å²) in [4.78, 5) is 12.6. The summed E-state index contributed by atoms with van der Waals surface area (Å²) >= 11 is 0. The zero-order chi connectivity index (χ0) is 16.8. The fourth-order valence-corrected chi connectivity index (χ4v) is 2.57. The third-order valence-electron chi connectivity index (χ3n) is 3.85. The van der Waals surface area contributed by atoms with Crippen molar-refractivity contribution in [2.24, 2.45) is 5.73 Å². The van der Waals surface area contributed by atoms with Crippen molar-refractivity contribution in [2.75, 3.05) is 0 Å². The Bertz CT molecular complexity index is 733. The molecule has 3 aromatic rings. The summed E-state index contributed by atoms with van der Waals surface area (Å²) in [5.41, 5.74) is 8.64. The first kappa shape index (κ1) is 16.0. The third-order valence-corrected chi connectivity index (χ3v) is 3.85. The van der Waals surface area contributed by atoms with Crippen LogP contribution in [-0.2, 0) is 9.53 Å². The average molecular weight is 317 g/mol. The van der Waals surface area contributed by atoms with Crippen molar-refractivity contribution in [3.8, 4) is 0 Å². The average Bonchev–Trinajstić information content (AvgIpc) is 2.67. The molecule has 1 atom stereocenters. The number of benzene rings is 3. The van der Waals surface area contributed by atoms with Gasteiger partial charge in [-0.15, -0.1) is 0 Å². The molecule has 0 spiro atoms. The smallest absolute Gasteiger partial charge is 0.328 e. The van der Waals surface area contributed by atoms with Gasteiger partial charge in [0.05, 0.1) is 0 Å². The summed E-state index contributed by atoms with van der Waals surface area (Å²) in [6.45, 7) is 0. The van der Waals surface area contributed by atoms with E-state index in [0.717, 1.165) is 16.7 Å². The predicted octanol–water partition coefficient (Wildman–Crippen LogP) is 4.02. The zero-order valence-corrected chi connectivity index (χ0v) is 13.2. The number of rotatable bonds is 5. The molecule has 3 rings (SSSR count). The lowest BCUT2D eigenvalue weighted by Crippen LogP contribution is -2.25. The van der Waals surface area contributed by atoms with E-state index in [4.69, 9.17) is 10.5 Å². The standard InChI is InChI=1S/C21H19NO2/c22-19(16-10-4-1-5-11-16)21(23)24-20(17-12-6-2-7-13-17)18-14-8-3-9-15-18/h1-15,19-20H,22H2. The molecule has 0 amide bonds. The SMILES string of the molecule is NC(C(=O)OC(c1ccccc1)c1ccccc1)c1ccccc1. The molecule has 3 aromatic carbocycles. The van der Waals surface area contributed by atoms with Gasteiger partial charge < -0.3 is 10.5 Å². The molecule has 3 heteroatoms. The molecule has 0 saturated carbocycles. The van der Waals surface area contributed by atoms with Crippen LogP contribution in [-0.4, -0.2) is 5.97 Å². The number of ether oxygens (including phenoxy) is 1. The highest BCUT2D eigenvalue weighted by Gasteiger charge is 2.23. The Kier molecular flexibility index (Phi) is 5.04. The highest BCUT2D eigenvalue weighted by Crippen LogP contribution is 2.27. The molecule has 0 aliphatic rings. The maximum absolute atomic E-state index is 12.6. The van der Waals surface area contributed by atoms with Gasteiger partial charge in [0.25, 0.3) is 0 Å². The minimum atomic E-state index is -0.805. The van der Waals surface area contributed by atoms with Crippen LogP contribution in [0.4, 0.5) is 0 Å². The monoisotopic (exact) mass is 317 g/mol. The van der Waals surface area contributed by atoms with Crippen LogP contribution in [0.25, 0.3) is 0 Å². The van der Waals surface area contributed by atoms with Gasteiger partial charge >= 0.3 is 5.97 Å². The molecule has 1 unspecified atom stereocenters. The minimum Gasteiger partial charge on any atom is -0.451 e. The van der Waals surface area contributed by atoms with Crippen LogP contribution in [0.2, 0.25) is 0 Å². The Morgan fingerprint density at radius 2 is 1.04 bits per heavy atom. The van der Waals surface area contributed by atoms with E-state index in [0.29, 0.717) is 0 Å². The molecule has 2 N–H and O–H groups in total. The predicted molar refractivity (Wildman–Crippen MR) is 94.2 cm³/mol. The molecule has 0 saturated heterocycles. The largest absolute Gasteiger partial charge is 0.451 e. The molecule has 3 nitrogen and oxygen atoms in total. The van der Waals surface area contributed by atoms with Crippen LogP contribution in [0.5, 0.6) is 0 Å². The number of nitrogens with two attached hydrogens (primary N) is 1. The van der Waals surface area contributed by atoms with Crippen LogP contribution < -0.4 is 5.73 Å². The van der Waals surface area contributed by atoms with Gasteiger partial charge in [-0.05, 0) is 16.7 Å². The van der Waals surface area contributed by atoms with Gasteiger partial charge in [-0.1, -0.05) is 91.0 Å². The lowest BCUT2D eigenvalue weighted by molar-refractivity contribution is -0.149. The highest BCUT2D eigenvalue weighted by molar-refractivity contribution is 5.77. The van der Waals surface area contributed by atoms with E-state index in [2.05, 4.69) is 0 Å². The van der Waals surface area contributed by atoms with Crippen molar-refractivity contribution in [3.63, 3.8) is 0 Å². The molecule has 0 fully saturated rings. The topological polar surface area (TPSA) is 52.3 Å². The van der Waals surface area contributed by atoms with E-state index in [1.54, 1.807) is 0 Å². The van der Waals surface area contributed by atoms with Crippen LogP contribution in [0.3, 0.4) is 0 Å². The quantitative estimate of drug-likeness (QED) is 0.723. The van der Waals surface area contributed by atoms with E-state index >= 15 is 0 Å². The number of esters is 1. The van der Waals surface area contributed by atoms with Gasteiger partial charge in [-0.3, -0.25) is 0 Å². The van der Waals surface area contributed by atoms with Crippen LogP contribution in [0.1, 0.15) is 28.8 Å². The second-order valence-corrected chi connectivity index (χ2v) is 5.53. The molecule has 0 aromatic heterocycles. The Morgan fingerprint density at radius 1 is 0.667 bits per heavy atom. The number of hydrogen-bond acceptors (Lipinski definition) is 3. The van der Waals surface area contributed by atoms with Crippen molar-refractivity contribution in [1.29, 1.82) is 0 Å². The molecule has 0 aliphatic heterocycles. The first-order chi connectivity index (χ1) is 11.8. The van der Waals surface area contributed by atoms with Crippen molar-refractivity contribution >= 4 is 5.97 Å². The summed E-state index contributed by atoms with van der Waals surface area (Å²) in [7, 11) is 0. The Hall–Kier alpha value is -2.91. The van der Waals surface area contributed by atoms with E-state index < -0.39 is 18.1 Å². The van der Waals surface area contributed by atoms with E-state index in [1.165, 1.54) is 0 Å². The third kappa shape index (κ3) is 3.70. The van der Waals surface area contributed by atoms with Crippen molar-refractivity contribution in [2.45, 2.75) is 12.1 Å². The molecule has 0 bridgehead atoms. The molecular weight excluding hydrogens is 298 g/mol. The summed E-state index contributed by atoms with van der Waals surface area (Å²) in [5.74, 6) is -0.445. The lowest BCUT2D eigenvalue weighted by atomic mass is 10.0. The van der Waals surface area contributed by atoms with Crippen LogP contribution in [0, 0.1) is 0 Å². The van der Waals surface area contributed by atoms with Gasteiger partial charge in [-0.25, -0.2) is 4.79 Å². The Balaban J connectivity index is 1.86. The fraction of sp³-hybridized carbons (Fsp3) is 0.0952. The first-order valence-corrected chi connectivity index (χ1v) is 7.86. The van der Waals surface area contributed by atoms with Crippen LogP contribution >= 0.6 is 0 Å². The Morgan fingerprint density at radius 3 is 1.46 bits per heavy atom. The molecule has 0 radical (unpaired) electrons. The fourth-order valence-electron chi connectivity index (χ4n) is 2.57. The molecule has 0 aliphatic carbocycles. The Labute approximate surface area is 141 Å². The van der Waals surface area contributed by atoms with E-state index in [-0.39, 0.29) is 0 Å². The lowest BCUT2D eigenvalue weighted by Gasteiger charge is -2.21. The molecule has 120 valence electrons. The van der Waals surface area contributed by atoms with Gasteiger partial charge in [0.2, 0.25) is 0 Å². The minimum absolute atomic E-state index is 0.445. The zero-order valence-electron chi connectivity index (χ0n) is 13.2. The van der Waals surface area contributed by atoms with Crippen molar-refractivity contribution in [1.82, 2.24) is 0 Å². The molecule has 24 heavy (non-hydrogen) atoms.